The standard InChI is InChI=1S/C17H20N4O.C5H12/c1-4-5-11-6-8-12(9-7-11)14-17(2,3)22-16-13(21-14)15(18)19-10-20-16;1-3-5-4-2/h6-10H,4-5H2,1-3H3,(H2,18,19,20);3-5H2,1-2H3. The lowest BCUT2D eigenvalue weighted by molar-refractivity contribution is 0.171. The molecule has 3 rings (SSSR count). The van der Waals surface area contributed by atoms with Crippen molar-refractivity contribution >= 4 is 17.2 Å². The number of hydrogen-bond acceptors (Lipinski definition) is 5. The van der Waals surface area contributed by atoms with E-state index in [4.69, 9.17) is 10.5 Å². The second-order valence-corrected chi connectivity index (χ2v) is 7.29. The van der Waals surface area contributed by atoms with Crippen LogP contribution in [0.3, 0.4) is 0 Å². The quantitative estimate of drug-likeness (QED) is 0.756. The number of benzene rings is 1. The Morgan fingerprint density at radius 3 is 2.19 bits per heavy atom. The molecule has 2 N–H and O–H groups in total. The van der Waals surface area contributed by atoms with E-state index in [-0.39, 0.29) is 0 Å². The smallest absolute Gasteiger partial charge is 0.246 e. The first-order valence-electron chi connectivity index (χ1n) is 9.90. The zero-order valence-corrected chi connectivity index (χ0v) is 17.2. The number of rotatable bonds is 5. The van der Waals surface area contributed by atoms with Crippen LogP contribution in [0.4, 0.5) is 11.5 Å². The summed E-state index contributed by atoms with van der Waals surface area (Å²) < 4.78 is 5.98. The van der Waals surface area contributed by atoms with E-state index in [1.54, 1.807) is 0 Å². The summed E-state index contributed by atoms with van der Waals surface area (Å²) in [5.41, 5.74) is 9.02. The molecule has 2 aromatic rings. The Bertz CT molecular complexity index is 764. The van der Waals surface area contributed by atoms with Gasteiger partial charge in [0, 0.05) is 5.56 Å². The van der Waals surface area contributed by atoms with Crippen LogP contribution in [0.2, 0.25) is 0 Å². The zero-order valence-electron chi connectivity index (χ0n) is 17.2. The van der Waals surface area contributed by atoms with Crippen LogP contribution in [-0.2, 0) is 6.42 Å². The van der Waals surface area contributed by atoms with Crippen molar-refractivity contribution in [1.82, 2.24) is 9.97 Å². The van der Waals surface area contributed by atoms with Crippen molar-refractivity contribution in [2.45, 2.75) is 72.3 Å². The second kappa shape index (κ2) is 9.49. The summed E-state index contributed by atoms with van der Waals surface area (Å²) in [4.78, 5) is 12.8. The summed E-state index contributed by atoms with van der Waals surface area (Å²) in [6, 6.07) is 8.44. The molecule has 1 aliphatic heterocycles. The summed E-state index contributed by atoms with van der Waals surface area (Å²) >= 11 is 0. The lowest BCUT2D eigenvalue weighted by atomic mass is 9.93. The van der Waals surface area contributed by atoms with Crippen LogP contribution in [0.25, 0.3) is 0 Å². The molecular weight excluding hydrogens is 336 g/mol. The predicted molar refractivity (Wildman–Crippen MR) is 113 cm³/mol. The van der Waals surface area contributed by atoms with Gasteiger partial charge in [-0.2, -0.15) is 4.98 Å². The fourth-order valence-corrected chi connectivity index (χ4v) is 2.98. The third kappa shape index (κ3) is 5.28. The largest absolute Gasteiger partial charge is 0.463 e. The average molecular weight is 369 g/mol. The zero-order chi connectivity index (χ0) is 19.9. The van der Waals surface area contributed by atoms with E-state index in [0.717, 1.165) is 24.1 Å². The van der Waals surface area contributed by atoms with Gasteiger partial charge in [0.2, 0.25) is 5.88 Å². The van der Waals surface area contributed by atoms with Gasteiger partial charge < -0.3 is 10.5 Å². The topological polar surface area (TPSA) is 73.4 Å². The number of anilines is 1. The minimum atomic E-state index is -0.569. The molecule has 1 aromatic carbocycles. The normalized spacial score (nSPS) is 14.3. The molecule has 146 valence electrons. The van der Waals surface area contributed by atoms with Gasteiger partial charge in [0.05, 0.1) is 5.71 Å². The van der Waals surface area contributed by atoms with Gasteiger partial charge in [0.25, 0.3) is 0 Å². The molecular formula is C22H32N4O. The van der Waals surface area contributed by atoms with Crippen LogP contribution in [-0.4, -0.2) is 21.3 Å². The van der Waals surface area contributed by atoms with Gasteiger partial charge in [-0.15, -0.1) is 0 Å². The molecule has 0 bridgehead atoms. The van der Waals surface area contributed by atoms with Crippen LogP contribution in [0.1, 0.15) is 71.4 Å². The molecule has 0 radical (unpaired) electrons. The molecule has 0 fully saturated rings. The monoisotopic (exact) mass is 368 g/mol. The molecule has 0 unspecified atom stereocenters. The highest BCUT2D eigenvalue weighted by Crippen LogP contribution is 2.38. The van der Waals surface area contributed by atoms with Crippen molar-refractivity contribution in [2.75, 3.05) is 5.73 Å². The maximum absolute atomic E-state index is 5.98. The number of nitrogens with zero attached hydrogens (tertiary/aromatic N) is 3. The Balaban J connectivity index is 0.000000465. The first kappa shape index (κ1) is 20.9. The Labute approximate surface area is 163 Å². The fraction of sp³-hybridized carbons (Fsp3) is 0.500. The van der Waals surface area contributed by atoms with Gasteiger partial charge in [-0.1, -0.05) is 70.7 Å². The van der Waals surface area contributed by atoms with Gasteiger partial charge in [-0.05, 0) is 25.8 Å². The predicted octanol–water partition coefficient (Wildman–Crippen LogP) is 5.50. The molecule has 5 nitrogen and oxygen atoms in total. The van der Waals surface area contributed by atoms with Crippen LogP contribution in [0.15, 0.2) is 35.6 Å². The molecule has 0 saturated carbocycles. The van der Waals surface area contributed by atoms with Crippen molar-refractivity contribution in [1.29, 1.82) is 0 Å². The molecule has 1 aliphatic rings. The van der Waals surface area contributed by atoms with Crippen molar-refractivity contribution < 1.29 is 4.74 Å². The highest BCUT2D eigenvalue weighted by atomic mass is 16.5. The van der Waals surface area contributed by atoms with Crippen molar-refractivity contribution in [3.05, 3.63) is 41.7 Å². The van der Waals surface area contributed by atoms with E-state index in [2.05, 4.69) is 60.0 Å². The molecule has 1 aromatic heterocycles. The Hall–Kier alpha value is -2.43. The van der Waals surface area contributed by atoms with Crippen LogP contribution in [0, 0.1) is 0 Å². The first-order chi connectivity index (χ1) is 12.9. The lowest BCUT2D eigenvalue weighted by Gasteiger charge is -2.32. The summed E-state index contributed by atoms with van der Waals surface area (Å²) in [5, 5.41) is 0. The summed E-state index contributed by atoms with van der Waals surface area (Å²) in [6.07, 6.45) is 7.68. The average Bonchev–Trinajstić information content (AvgIpc) is 2.63. The molecule has 0 saturated heterocycles. The number of hydrogen-bond donors (Lipinski definition) is 1. The van der Waals surface area contributed by atoms with Gasteiger partial charge in [0.15, 0.2) is 11.5 Å². The molecule has 5 heteroatoms. The van der Waals surface area contributed by atoms with Crippen molar-refractivity contribution in [2.24, 2.45) is 4.99 Å². The number of nitrogen functional groups attached to an aromatic ring is 1. The lowest BCUT2D eigenvalue weighted by Crippen LogP contribution is -2.41. The molecule has 2 heterocycles. The highest BCUT2D eigenvalue weighted by molar-refractivity contribution is 6.09. The van der Waals surface area contributed by atoms with Gasteiger partial charge in [-0.3, -0.25) is 0 Å². The van der Waals surface area contributed by atoms with E-state index < -0.39 is 5.60 Å². The summed E-state index contributed by atoms with van der Waals surface area (Å²) in [5.74, 6) is 0.768. The summed E-state index contributed by atoms with van der Waals surface area (Å²) in [6.45, 7) is 10.6. The number of unbranched alkanes of at least 4 members (excludes halogenated alkanes) is 2. The van der Waals surface area contributed by atoms with Crippen molar-refractivity contribution in [3.63, 3.8) is 0 Å². The van der Waals surface area contributed by atoms with Gasteiger partial charge >= 0.3 is 0 Å². The third-order valence-electron chi connectivity index (χ3n) is 4.44. The minimum Gasteiger partial charge on any atom is -0.463 e. The number of aryl methyl sites for hydroxylation is 1. The molecule has 0 spiro atoms. The van der Waals surface area contributed by atoms with Gasteiger partial charge in [0.1, 0.15) is 11.9 Å². The maximum atomic E-state index is 5.98. The minimum absolute atomic E-state index is 0.334. The Morgan fingerprint density at radius 1 is 0.963 bits per heavy atom. The first-order valence-corrected chi connectivity index (χ1v) is 9.90. The van der Waals surface area contributed by atoms with E-state index >= 15 is 0 Å². The maximum Gasteiger partial charge on any atom is 0.246 e. The van der Waals surface area contributed by atoms with Gasteiger partial charge in [-0.25, -0.2) is 9.98 Å². The fourth-order valence-electron chi connectivity index (χ4n) is 2.98. The number of aromatic nitrogens is 2. The number of aliphatic imine (C=N–C) groups is 1. The van der Waals surface area contributed by atoms with Crippen molar-refractivity contribution in [3.8, 4) is 5.88 Å². The Morgan fingerprint density at radius 2 is 1.63 bits per heavy atom. The van der Waals surface area contributed by atoms with E-state index in [1.807, 2.05) is 13.8 Å². The number of fused-ring (bicyclic) bond motifs is 1. The summed E-state index contributed by atoms with van der Waals surface area (Å²) in [7, 11) is 0. The number of ether oxygens (including phenoxy) is 1. The second-order valence-electron chi connectivity index (χ2n) is 7.29. The SMILES string of the molecule is CCCCC.CCCc1ccc(C2=Nc3c(N)ncnc3OC2(C)C)cc1. The van der Waals surface area contributed by atoms with E-state index in [9.17, 15) is 0 Å². The van der Waals surface area contributed by atoms with Crippen LogP contribution >= 0.6 is 0 Å². The van der Waals surface area contributed by atoms with Crippen LogP contribution in [0.5, 0.6) is 5.88 Å². The highest BCUT2D eigenvalue weighted by Gasteiger charge is 2.35. The molecule has 0 atom stereocenters. The molecule has 0 amide bonds. The molecule has 27 heavy (non-hydrogen) atoms. The van der Waals surface area contributed by atoms with Crippen LogP contribution < -0.4 is 10.5 Å². The Kier molecular flexibility index (Phi) is 7.34. The molecule has 0 aliphatic carbocycles. The number of nitrogens with two attached hydrogens (primary N) is 1. The van der Waals surface area contributed by atoms with E-state index in [0.29, 0.717) is 17.4 Å². The third-order valence-corrected chi connectivity index (χ3v) is 4.44. The van der Waals surface area contributed by atoms with E-state index in [1.165, 1.54) is 31.2 Å².